The molecule has 0 aliphatic heterocycles. The van der Waals surface area contributed by atoms with E-state index in [0.717, 1.165) is 33.5 Å². The molecule has 0 bridgehead atoms. The van der Waals surface area contributed by atoms with Crippen molar-refractivity contribution in [3.63, 3.8) is 0 Å². The van der Waals surface area contributed by atoms with Crippen molar-refractivity contribution in [2.45, 2.75) is 13.8 Å². The molecule has 1 N–H and O–H groups in total. The molecule has 0 aliphatic carbocycles. The zero-order valence-electron chi connectivity index (χ0n) is 10.1. The highest BCUT2D eigenvalue weighted by molar-refractivity contribution is 6.31. The normalized spacial score (nSPS) is 10.4. The third-order valence-corrected chi connectivity index (χ3v) is 2.97. The van der Waals surface area contributed by atoms with Crippen molar-refractivity contribution in [2.75, 3.05) is 12.4 Å². The summed E-state index contributed by atoms with van der Waals surface area (Å²) in [6.45, 7) is 3.86. The van der Waals surface area contributed by atoms with Crippen molar-refractivity contribution in [2.24, 2.45) is 0 Å². The van der Waals surface area contributed by atoms with Gasteiger partial charge in [0.1, 0.15) is 11.6 Å². The predicted molar refractivity (Wildman–Crippen MR) is 71.5 cm³/mol. The third-order valence-electron chi connectivity index (χ3n) is 2.56. The van der Waals surface area contributed by atoms with E-state index in [-0.39, 0.29) is 0 Å². The summed E-state index contributed by atoms with van der Waals surface area (Å²) in [6, 6.07) is 7.85. The van der Waals surface area contributed by atoms with E-state index in [0.29, 0.717) is 0 Å². The monoisotopic (exact) mass is 247 g/mol. The summed E-state index contributed by atoms with van der Waals surface area (Å²) in [5, 5.41) is 3.77. The fraction of sp³-hybridized carbons (Fsp3) is 0.231. The summed E-state index contributed by atoms with van der Waals surface area (Å²) in [5.41, 5.74) is 2.95. The maximum atomic E-state index is 6.12. The van der Waals surface area contributed by atoms with E-state index in [1.165, 1.54) is 0 Å². The van der Waals surface area contributed by atoms with Gasteiger partial charge in [-0.3, -0.25) is 0 Å². The summed E-state index contributed by atoms with van der Waals surface area (Å²) >= 11 is 6.12. The highest BCUT2D eigenvalue weighted by atomic mass is 35.5. The molecule has 0 unspecified atom stereocenters. The Balaban J connectivity index is 2.52. The van der Waals surface area contributed by atoms with Crippen LogP contribution >= 0.6 is 11.6 Å². The van der Waals surface area contributed by atoms with Gasteiger partial charge in [0, 0.05) is 23.7 Å². The van der Waals surface area contributed by atoms with E-state index in [9.17, 15) is 0 Å². The quantitative estimate of drug-likeness (QED) is 0.883. The van der Waals surface area contributed by atoms with Gasteiger partial charge in [0.2, 0.25) is 0 Å². The molecule has 4 heteroatoms. The lowest BCUT2D eigenvalue weighted by Crippen LogP contribution is -1.98. The second kappa shape index (κ2) is 4.72. The van der Waals surface area contributed by atoms with Gasteiger partial charge in [0.25, 0.3) is 0 Å². The van der Waals surface area contributed by atoms with Crippen LogP contribution in [0.5, 0.6) is 0 Å². The van der Waals surface area contributed by atoms with Gasteiger partial charge in [-0.15, -0.1) is 0 Å². The summed E-state index contributed by atoms with van der Waals surface area (Å²) < 4.78 is 0. The fourth-order valence-corrected chi connectivity index (χ4v) is 1.78. The lowest BCUT2D eigenvalue weighted by molar-refractivity contribution is 1.06. The van der Waals surface area contributed by atoms with E-state index in [1.807, 2.05) is 45.2 Å². The number of aryl methyl sites for hydroxylation is 2. The Labute approximate surface area is 106 Å². The number of nitrogens with zero attached hydrogens (tertiary/aromatic N) is 2. The fourth-order valence-electron chi connectivity index (χ4n) is 1.60. The van der Waals surface area contributed by atoms with Crippen molar-refractivity contribution >= 4 is 17.4 Å². The van der Waals surface area contributed by atoms with Gasteiger partial charge in [-0.1, -0.05) is 23.7 Å². The lowest BCUT2D eigenvalue weighted by atomic mass is 10.1. The molecule has 0 fully saturated rings. The summed E-state index contributed by atoms with van der Waals surface area (Å²) in [5.74, 6) is 1.55. The zero-order chi connectivity index (χ0) is 12.4. The van der Waals surface area contributed by atoms with Crippen LogP contribution < -0.4 is 5.32 Å². The van der Waals surface area contributed by atoms with Gasteiger partial charge in [-0.2, -0.15) is 0 Å². The number of rotatable bonds is 2. The molecular formula is C13H14ClN3. The highest BCUT2D eigenvalue weighted by Crippen LogP contribution is 2.25. The van der Waals surface area contributed by atoms with Gasteiger partial charge in [0.05, 0.1) is 5.69 Å². The van der Waals surface area contributed by atoms with Crippen LogP contribution in [0.2, 0.25) is 5.02 Å². The molecule has 1 aromatic heterocycles. The van der Waals surface area contributed by atoms with E-state index in [2.05, 4.69) is 15.3 Å². The molecule has 0 atom stereocenters. The molecule has 0 saturated heterocycles. The molecule has 0 aliphatic rings. The first-order valence-corrected chi connectivity index (χ1v) is 5.78. The second-order valence-corrected chi connectivity index (χ2v) is 4.31. The zero-order valence-corrected chi connectivity index (χ0v) is 10.8. The Bertz CT molecular complexity index is 552. The molecule has 3 nitrogen and oxygen atoms in total. The van der Waals surface area contributed by atoms with Gasteiger partial charge < -0.3 is 5.32 Å². The van der Waals surface area contributed by atoms with Crippen molar-refractivity contribution in [1.82, 2.24) is 9.97 Å². The molecule has 17 heavy (non-hydrogen) atoms. The van der Waals surface area contributed by atoms with Crippen LogP contribution in [-0.2, 0) is 0 Å². The van der Waals surface area contributed by atoms with E-state index < -0.39 is 0 Å². The molecular weight excluding hydrogens is 234 g/mol. The Hall–Kier alpha value is -1.61. The van der Waals surface area contributed by atoms with Crippen LogP contribution in [-0.4, -0.2) is 17.0 Å². The Kier molecular flexibility index (Phi) is 3.29. The van der Waals surface area contributed by atoms with Crippen LogP contribution in [0.3, 0.4) is 0 Å². The van der Waals surface area contributed by atoms with Crippen molar-refractivity contribution < 1.29 is 0 Å². The van der Waals surface area contributed by atoms with Crippen LogP contribution in [0.4, 0.5) is 5.82 Å². The highest BCUT2D eigenvalue weighted by Gasteiger charge is 2.05. The molecule has 1 heterocycles. The molecule has 2 aromatic rings. The SMILES string of the molecule is CNc1cc(-c2ccc(C)c(Cl)c2)nc(C)n1. The van der Waals surface area contributed by atoms with Crippen LogP contribution in [0.15, 0.2) is 24.3 Å². The van der Waals surface area contributed by atoms with E-state index in [1.54, 1.807) is 0 Å². The number of nitrogens with one attached hydrogen (secondary N) is 1. The molecule has 0 amide bonds. The Morgan fingerprint density at radius 2 is 1.88 bits per heavy atom. The number of hydrogen-bond acceptors (Lipinski definition) is 3. The summed E-state index contributed by atoms with van der Waals surface area (Å²) in [6.07, 6.45) is 0. The number of halogens is 1. The molecule has 0 spiro atoms. The molecule has 0 radical (unpaired) electrons. The number of anilines is 1. The average molecular weight is 248 g/mol. The third kappa shape index (κ3) is 2.56. The topological polar surface area (TPSA) is 37.8 Å². The predicted octanol–water partition coefficient (Wildman–Crippen LogP) is 3.46. The van der Waals surface area contributed by atoms with Crippen LogP contribution in [0.1, 0.15) is 11.4 Å². The number of aromatic nitrogens is 2. The molecule has 1 aromatic carbocycles. The van der Waals surface area contributed by atoms with E-state index in [4.69, 9.17) is 11.6 Å². The minimum absolute atomic E-state index is 0.739. The van der Waals surface area contributed by atoms with Crippen molar-refractivity contribution in [1.29, 1.82) is 0 Å². The average Bonchev–Trinajstić information content (AvgIpc) is 2.32. The smallest absolute Gasteiger partial charge is 0.130 e. The first kappa shape index (κ1) is 11.9. The van der Waals surface area contributed by atoms with Gasteiger partial charge in [0.15, 0.2) is 0 Å². The van der Waals surface area contributed by atoms with Crippen LogP contribution in [0.25, 0.3) is 11.3 Å². The number of hydrogen-bond donors (Lipinski definition) is 1. The number of benzene rings is 1. The van der Waals surface area contributed by atoms with E-state index >= 15 is 0 Å². The maximum Gasteiger partial charge on any atom is 0.130 e. The Morgan fingerprint density at radius 3 is 2.53 bits per heavy atom. The second-order valence-electron chi connectivity index (χ2n) is 3.90. The van der Waals surface area contributed by atoms with Crippen LogP contribution in [0, 0.1) is 13.8 Å². The maximum absolute atomic E-state index is 6.12. The lowest BCUT2D eigenvalue weighted by Gasteiger charge is -2.07. The van der Waals surface area contributed by atoms with Gasteiger partial charge in [-0.05, 0) is 25.5 Å². The summed E-state index contributed by atoms with van der Waals surface area (Å²) in [4.78, 5) is 8.68. The minimum atomic E-state index is 0.739. The van der Waals surface area contributed by atoms with Crippen molar-refractivity contribution in [3.8, 4) is 11.3 Å². The first-order chi connectivity index (χ1) is 8.10. The largest absolute Gasteiger partial charge is 0.373 e. The molecule has 0 saturated carbocycles. The molecule has 2 rings (SSSR count). The summed E-state index contributed by atoms with van der Waals surface area (Å²) in [7, 11) is 1.84. The standard InChI is InChI=1S/C13H14ClN3/c1-8-4-5-10(6-11(8)14)12-7-13(15-3)17-9(2)16-12/h4-7H,1-3H3,(H,15,16,17). The molecule has 88 valence electrons. The van der Waals surface area contributed by atoms with Gasteiger partial charge in [-0.25, -0.2) is 9.97 Å². The Morgan fingerprint density at radius 1 is 1.12 bits per heavy atom. The van der Waals surface area contributed by atoms with Crippen molar-refractivity contribution in [3.05, 3.63) is 40.7 Å². The van der Waals surface area contributed by atoms with Gasteiger partial charge >= 0.3 is 0 Å². The minimum Gasteiger partial charge on any atom is -0.373 e. The first-order valence-electron chi connectivity index (χ1n) is 5.40.